The third-order valence-electron chi connectivity index (χ3n) is 5.39. The van der Waals surface area contributed by atoms with Gasteiger partial charge < -0.3 is 13.6 Å². The molecule has 3 nitrogen and oxygen atoms in total. The third-order valence-corrected chi connectivity index (χ3v) is 13.2. The second-order valence-corrected chi connectivity index (χ2v) is 25.5. The molecule has 0 aromatic heterocycles. The van der Waals surface area contributed by atoms with Gasteiger partial charge in [-0.2, -0.15) is 0 Å². The van der Waals surface area contributed by atoms with Gasteiger partial charge in [0, 0.05) is 11.5 Å². The van der Waals surface area contributed by atoms with E-state index in [1.54, 1.807) is 0 Å². The molecule has 0 spiro atoms. The number of rotatable bonds is 6. The van der Waals surface area contributed by atoms with Crippen LogP contribution in [0.25, 0.3) is 0 Å². The Hall–Kier alpha value is 0.0906. The standard InChI is InChI=1S/C19H40O3Si3/c1-13-16(23(5,6)7)17-15(21-25(11,12)19(2,3)4)14-20-18(17)22-24(8,9)10/h1,15-18H,14H2,2-12H3/t15-,16-,17+,18?/m0/s1. The molecule has 0 bridgehead atoms. The highest BCUT2D eigenvalue weighted by atomic mass is 28.4. The van der Waals surface area contributed by atoms with Crippen LogP contribution in [0, 0.1) is 18.3 Å². The van der Waals surface area contributed by atoms with Crippen molar-refractivity contribution < 1.29 is 13.6 Å². The van der Waals surface area contributed by atoms with Crippen LogP contribution in [-0.2, 0) is 13.6 Å². The molecule has 0 aromatic carbocycles. The Labute approximate surface area is 159 Å². The molecule has 1 unspecified atom stereocenters. The average Bonchev–Trinajstić information content (AvgIpc) is 2.68. The molecular weight excluding hydrogens is 360 g/mol. The van der Waals surface area contributed by atoms with Crippen molar-refractivity contribution in [1.29, 1.82) is 0 Å². The summed E-state index contributed by atoms with van der Waals surface area (Å²) in [7, 11) is -5.20. The van der Waals surface area contributed by atoms with Crippen molar-refractivity contribution in [2.24, 2.45) is 5.92 Å². The Balaban J connectivity index is 3.18. The SMILES string of the molecule is C#C[C@@H]([C@@H]1C(O[Si](C)(C)C)OC[C@@H]1O[Si](C)(C)C(C)(C)C)[Si](C)(C)C. The maximum absolute atomic E-state index is 6.77. The highest BCUT2D eigenvalue weighted by Crippen LogP contribution is 2.45. The fourth-order valence-electron chi connectivity index (χ4n) is 3.03. The second kappa shape index (κ2) is 7.61. The van der Waals surface area contributed by atoms with E-state index in [1.807, 2.05) is 0 Å². The summed E-state index contributed by atoms with van der Waals surface area (Å²) in [6.45, 7) is 25.6. The van der Waals surface area contributed by atoms with E-state index in [0.29, 0.717) is 6.61 Å². The van der Waals surface area contributed by atoms with Crippen LogP contribution in [0.1, 0.15) is 20.8 Å². The lowest BCUT2D eigenvalue weighted by molar-refractivity contribution is -0.0673. The smallest absolute Gasteiger partial charge is 0.192 e. The molecule has 146 valence electrons. The number of ether oxygens (including phenoxy) is 1. The summed E-state index contributed by atoms with van der Waals surface area (Å²) < 4.78 is 19.3. The minimum absolute atomic E-state index is 0.0371. The summed E-state index contributed by atoms with van der Waals surface area (Å²) >= 11 is 0. The molecule has 6 heteroatoms. The lowest BCUT2D eigenvalue weighted by Gasteiger charge is -2.42. The third kappa shape index (κ3) is 6.05. The van der Waals surface area contributed by atoms with E-state index in [1.165, 1.54) is 0 Å². The van der Waals surface area contributed by atoms with Crippen LogP contribution in [0.2, 0.25) is 63.0 Å². The van der Waals surface area contributed by atoms with Gasteiger partial charge in [-0.05, 0) is 37.8 Å². The predicted octanol–water partition coefficient (Wildman–Crippen LogP) is 5.54. The molecule has 0 aliphatic carbocycles. The van der Waals surface area contributed by atoms with Gasteiger partial charge in [-0.15, -0.1) is 12.3 Å². The molecule has 1 aliphatic heterocycles. The maximum Gasteiger partial charge on any atom is 0.192 e. The maximum atomic E-state index is 6.77. The van der Waals surface area contributed by atoms with E-state index in [4.69, 9.17) is 20.0 Å². The number of hydrogen-bond acceptors (Lipinski definition) is 3. The van der Waals surface area contributed by atoms with Gasteiger partial charge in [0.05, 0.1) is 20.8 Å². The topological polar surface area (TPSA) is 27.7 Å². The van der Waals surface area contributed by atoms with E-state index >= 15 is 0 Å². The Morgan fingerprint density at radius 2 is 1.52 bits per heavy atom. The fourth-order valence-corrected chi connectivity index (χ4v) is 7.31. The molecule has 1 fully saturated rings. The molecular formula is C19H40O3Si3. The van der Waals surface area contributed by atoms with Crippen LogP contribution in [0.5, 0.6) is 0 Å². The summed E-state index contributed by atoms with van der Waals surface area (Å²) in [5.74, 6) is 3.24. The first-order valence-corrected chi connectivity index (χ1v) is 19.3. The normalized spacial score (nSPS) is 27.2. The summed E-state index contributed by atoms with van der Waals surface area (Å²) in [6.07, 6.45) is 5.83. The average molecular weight is 401 g/mol. The summed E-state index contributed by atoms with van der Waals surface area (Å²) in [5, 5.41) is 0.167. The van der Waals surface area contributed by atoms with Crippen molar-refractivity contribution in [2.75, 3.05) is 6.61 Å². The van der Waals surface area contributed by atoms with E-state index < -0.39 is 24.7 Å². The monoisotopic (exact) mass is 400 g/mol. The molecule has 1 saturated heterocycles. The van der Waals surface area contributed by atoms with Crippen molar-refractivity contribution in [3.8, 4) is 12.3 Å². The van der Waals surface area contributed by atoms with E-state index in [-0.39, 0.29) is 28.9 Å². The zero-order valence-corrected chi connectivity index (χ0v) is 21.3. The Morgan fingerprint density at radius 1 is 1.00 bits per heavy atom. The van der Waals surface area contributed by atoms with Crippen LogP contribution in [0.3, 0.4) is 0 Å². The molecule has 25 heavy (non-hydrogen) atoms. The molecule has 1 aliphatic rings. The predicted molar refractivity (Wildman–Crippen MR) is 116 cm³/mol. The van der Waals surface area contributed by atoms with E-state index in [0.717, 1.165) is 0 Å². The highest BCUT2D eigenvalue weighted by Gasteiger charge is 2.51. The molecule has 4 atom stereocenters. The quantitative estimate of drug-likeness (QED) is 0.432. The van der Waals surface area contributed by atoms with Gasteiger partial charge in [0.1, 0.15) is 0 Å². The van der Waals surface area contributed by atoms with Gasteiger partial charge in [-0.1, -0.05) is 40.4 Å². The first-order chi connectivity index (χ1) is 11.0. The molecule has 0 radical (unpaired) electrons. The first kappa shape index (κ1) is 23.1. The Kier molecular flexibility index (Phi) is 7.04. The molecule has 1 rings (SSSR count). The number of hydrogen-bond donors (Lipinski definition) is 0. The van der Waals surface area contributed by atoms with Crippen molar-refractivity contribution in [3.63, 3.8) is 0 Å². The molecule has 0 aromatic rings. The zero-order valence-electron chi connectivity index (χ0n) is 18.3. The van der Waals surface area contributed by atoms with E-state index in [9.17, 15) is 0 Å². The second-order valence-electron chi connectivity index (χ2n) is 10.9. The van der Waals surface area contributed by atoms with Gasteiger partial charge in [0.2, 0.25) is 0 Å². The lowest BCUT2D eigenvalue weighted by atomic mass is 10.0. The minimum Gasteiger partial charge on any atom is -0.411 e. The van der Waals surface area contributed by atoms with Gasteiger partial charge in [-0.25, -0.2) is 0 Å². The van der Waals surface area contributed by atoms with Crippen LogP contribution in [0.4, 0.5) is 0 Å². The Morgan fingerprint density at radius 3 is 1.88 bits per heavy atom. The van der Waals surface area contributed by atoms with Crippen LogP contribution in [-0.4, -0.2) is 43.7 Å². The first-order valence-electron chi connectivity index (χ1n) is 9.43. The molecule has 1 heterocycles. The Bertz CT molecular complexity index is 492. The highest BCUT2D eigenvalue weighted by molar-refractivity contribution is 6.78. The van der Waals surface area contributed by atoms with Crippen molar-refractivity contribution >= 4 is 24.7 Å². The molecule has 0 amide bonds. The minimum atomic E-state index is -1.90. The molecule has 0 saturated carbocycles. The summed E-state index contributed by atoms with van der Waals surface area (Å²) in [5.41, 5.74) is 0.186. The van der Waals surface area contributed by atoms with Gasteiger partial charge >= 0.3 is 0 Å². The van der Waals surface area contributed by atoms with Crippen LogP contribution < -0.4 is 0 Å². The largest absolute Gasteiger partial charge is 0.411 e. The van der Waals surface area contributed by atoms with Gasteiger partial charge in [0.25, 0.3) is 0 Å². The van der Waals surface area contributed by atoms with Gasteiger partial charge in [0.15, 0.2) is 22.9 Å². The summed E-state index contributed by atoms with van der Waals surface area (Å²) in [6, 6.07) is 0. The van der Waals surface area contributed by atoms with Crippen LogP contribution >= 0.6 is 0 Å². The van der Waals surface area contributed by atoms with E-state index in [2.05, 4.69) is 79.1 Å². The van der Waals surface area contributed by atoms with Crippen molar-refractivity contribution in [3.05, 3.63) is 0 Å². The lowest BCUT2D eigenvalue weighted by Crippen LogP contribution is -2.49. The van der Waals surface area contributed by atoms with Crippen molar-refractivity contribution in [2.45, 2.75) is 96.1 Å². The van der Waals surface area contributed by atoms with Crippen LogP contribution in [0.15, 0.2) is 0 Å². The zero-order chi connectivity index (χ0) is 19.8. The summed E-state index contributed by atoms with van der Waals surface area (Å²) in [4.78, 5) is 0. The van der Waals surface area contributed by atoms with Gasteiger partial charge in [-0.3, -0.25) is 0 Å². The molecule has 0 N–H and O–H groups in total. The fraction of sp³-hybridized carbons (Fsp3) is 0.895. The van der Waals surface area contributed by atoms with Crippen molar-refractivity contribution in [1.82, 2.24) is 0 Å². The number of terminal acetylenes is 1.